The summed E-state index contributed by atoms with van der Waals surface area (Å²) in [7, 11) is 2.12. The van der Waals surface area contributed by atoms with E-state index in [0.29, 0.717) is 12.6 Å². The van der Waals surface area contributed by atoms with E-state index in [0.717, 1.165) is 42.3 Å². The van der Waals surface area contributed by atoms with Gasteiger partial charge in [-0.25, -0.2) is 9.78 Å². The van der Waals surface area contributed by atoms with Crippen LogP contribution in [0.5, 0.6) is 0 Å². The average Bonchev–Trinajstić information content (AvgIpc) is 2.48. The molecule has 2 N–H and O–H groups in total. The van der Waals surface area contributed by atoms with Gasteiger partial charge in [-0.05, 0) is 56.4 Å². The zero-order valence-corrected chi connectivity index (χ0v) is 13.6. The number of hydrogen-bond acceptors (Lipinski definition) is 4. The quantitative estimate of drug-likeness (QED) is 0.818. The van der Waals surface area contributed by atoms with Crippen molar-refractivity contribution in [1.29, 1.82) is 0 Å². The summed E-state index contributed by atoms with van der Waals surface area (Å²) in [6.07, 6.45) is 3.84. The molecule has 1 aromatic heterocycles. The molecule has 0 radical (unpaired) electrons. The van der Waals surface area contributed by atoms with Gasteiger partial charge in [0.2, 0.25) is 0 Å². The van der Waals surface area contributed by atoms with E-state index in [9.17, 15) is 4.79 Å². The maximum atomic E-state index is 11.9. The van der Waals surface area contributed by atoms with Gasteiger partial charge in [-0.15, -0.1) is 11.8 Å². The van der Waals surface area contributed by atoms with Crippen LogP contribution in [-0.2, 0) is 6.54 Å². The third kappa shape index (κ3) is 5.55. The van der Waals surface area contributed by atoms with Crippen LogP contribution in [0.2, 0.25) is 0 Å². The second kappa shape index (κ2) is 8.24. The Balaban J connectivity index is 1.74. The van der Waals surface area contributed by atoms with Gasteiger partial charge < -0.3 is 15.5 Å². The van der Waals surface area contributed by atoms with Crippen molar-refractivity contribution < 1.29 is 4.79 Å². The minimum atomic E-state index is -0.0777. The molecule has 0 atom stereocenters. The number of carbonyl (C=O) groups is 1. The summed E-state index contributed by atoms with van der Waals surface area (Å²) >= 11 is 1.71. The number of amides is 2. The first-order chi connectivity index (χ1) is 10.2. The first kappa shape index (κ1) is 16.1. The molecule has 0 bridgehead atoms. The third-order valence-electron chi connectivity index (χ3n) is 3.60. The molecule has 1 fully saturated rings. The first-order valence-corrected chi connectivity index (χ1v) is 8.46. The molecule has 2 amide bonds. The molecule has 1 aliphatic rings. The van der Waals surface area contributed by atoms with E-state index in [1.54, 1.807) is 18.0 Å². The molecule has 0 spiro atoms. The fraction of sp³-hybridized carbons (Fsp3) is 0.600. The van der Waals surface area contributed by atoms with Gasteiger partial charge in [0, 0.05) is 18.8 Å². The van der Waals surface area contributed by atoms with Crippen LogP contribution in [0.3, 0.4) is 0 Å². The normalized spacial score (nSPS) is 16.7. The van der Waals surface area contributed by atoms with Gasteiger partial charge in [0.25, 0.3) is 0 Å². The monoisotopic (exact) mass is 308 g/mol. The number of thioether (sulfide) groups is 1. The van der Waals surface area contributed by atoms with Crippen LogP contribution < -0.4 is 10.6 Å². The predicted molar refractivity (Wildman–Crippen MR) is 86.5 cm³/mol. The average molecular weight is 308 g/mol. The number of likely N-dealkylation sites (tertiary alicyclic amines) is 1. The Morgan fingerprint density at radius 1 is 1.48 bits per heavy atom. The van der Waals surface area contributed by atoms with Gasteiger partial charge in [-0.3, -0.25) is 0 Å². The fourth-order valence-electron chi connectivity index (χ4n) is 2.36. The summed E-state index contributed by atoms with van der Waals surface area (Å²) in [5, 5.41) is 6.98. The minimum Gasteiger partial charge on any atom is -0.335 e. The lowest BCUT2D eigenvalue weighted by molar-refractivity contribution is 0.213. The lowest BCUT2D eigenvalue weighted by Gasteiger charge is -2.29. The summed E-state index contributed by atoms with van der Waals surface area (Å²) in [5.41, 5.74) is 1.08. The van der Waals surface area contributed by atoms with E-state index in [2.05, 4.69) is 34.5 Å². The van der Waals surface area contributed by atoms with E-state index >= 15 is 0 Å². The smallest absolute Gasteiger partial charge is 0.315 e. The van der Waals surface area contributed by atoms with Crippen molar-refractivity contribution in [3.63, 3.8) is 0 Å². The van der Waals surface area contributed by atoms with Crippen molar-refractivity contribution in [3.05, 3.63) is 23.9 Å². The van der Waals surface area contributed by atoms with Crippen LogP contribution >= 0.6 is 11.8 Å². The number of nitrogens with zero attached hydrogens (tertiary/aromatic N) is 2. The Bertz CT molecular complexity index is 461. The zero-order chi connectivity index (χ0) is 15.1. The molecule has 1 aliphatic heterocycles. The van der Waals surface area contributed by atoms with Gasteiger partial charge in [-0.2, -0.15) is 0 Å². The summed E-state index contributed by atoms with van der Waals surface area (Å²) in [6, 6.07) is 4.19. The molecule has 0 saturated carbocycles. The number of rotatable bonds is 5. The predicted octanol–water partition coefficient (Wildman–Crippen LogP) is 2.09. The highest BCUT2D eigenvalue weighted by atomic mass is 32.2. The Morgan fingerprint density at radius 3 is 2.95 bits per heavy atom. The van der Waals surface area contributed by atoms with Gasteiger partial charge >= 0.3 is 6.03 Å². The third-order valence-corrected chi connectivity index (χ3v) is 4.41. The first-order valence-electron chi connectivity index (χ1n) is 7.48. The van der Waals surface area contributed by atoms with Crippen LogP contribution in [0, 0.1) is 0 Å². The summed E-state index contributed by atoms with van der Waals surface area (Å²) in [4.78, 5) is 18.5. The van der Waals surface area contributed by atoms with Crippen LogP contribution in [0.25, 0.3) is 0 Å². The van der Waals surface area contributed by atoms with Gasteiger partial charge in [0.1, 0.15) is 0 Å². The number of hydrogen-bond donors (Lipinski definition) is 2. The molecular formula is C15H24N4OS. The molecule has 1 saturated heterocycles. The van der Waals surface area contributed by atoms with E-state index in [-0.39, 0.29) is 6.03 Å². The Kier molecular flexibility index (Phi) is 6.32. The van der Waals surface area contributed by atoms with E-state index in [1.807, 2.05) is 12.1 Å². The van der Waals surface area contributed by atoms with Crippen molar-refractivity contribution in [1.82, 2.24) is 20.5 Å². The van der Waals surface area contributed by atoms with Crippen molar-refractivity contribution in [2.45, 2.75) is 37.4 Å². The number of carbonyl (C=O) groups excluding carboxylic acids is 1. The van der Waals surface area contributed by atoms with Crippen molar-refractivity contribution >= 4 is 17.8 Å². The molecule has 21 heavy (non-hydrogen) atoms. The number of pyridine rings is 1. The maximum absolute atomic E-state index is 11.9. The standard InChI is InChI=1S/C15H24N4OS/c1-3-21-14-10-12(4-7-16-14)11-17-15(20)18-13-5-8-19(2)9-6-13/h4,7,10,13H,3,5-6,8-9,11H2,1-2H3,(H2,17,18,20). The molecule has 116 valence electrons. The SMILES string of the molecule is CCSc1cc(CNC(=O)NC2CCN(C)CC2)ccn1. The molecule has 2 heterocycles. The van der Waals surface area contributed by atoms with Crippen molar-refractivity contribution in [2.24, 2.45) is 0 Å². The number of piperidine rings is 1. The van der Waals surface area contributed by atoms with E-state index in [1.165, 1.54) is 0 Å². The highest BCUT2D eigenvalue weighted by Gasteiger charge is 2.18. The van der Waals surface area contributed by atoms with Gasteiger partial charge in [0.15, 0.2) is 0 Å². The van der Waals surface area contributed by atoms with Gasteiger partial charge in [-0.1, -0.05) is 6.92 Å². The zero-order valence-electron chi connectivity index (χ0n) is 12.8. The molecular weight excluding hydrogens is 284 g/mol. The molecule has 1 aromatic rings. The van der Waals surface area contributed by atoms with Crippen LogP contribution in [0.1, 0.15) is 25.3 Å². The highest BCUT2D eigenvalue weighted by molar-refractivity contribution is 7.99. The molecule has 0 aromatic carbocycles. The second-order valence-electron chi connectivity index (χ2n) is 5.34. The molecule has 2 rings (SSSR count). The summed E-state index contributed by atoms with van der Waals surface area (Å²) in [5.74, 6) is 1.00. The Morgan fingerprint density at radius 2 is 2.24 bits per heavy atom. The fourth-order valence-corrected chi connectivity index (χ4v) is 3.02. The largest absolute Gasteiger partial charge is 0.335 e. The Hall–Kier alpha value is -1.27. The number of urea groups is 1. The molecule has 0 aliphatic carbocycles. The second-order valence-corrected chi connectivity index (χ2v) is 6.62. The minimum absolute atomic E-state index is 0.0777. The van der Waals surface area contributed by atoms with Crippen molar-refractivity contribution in [2.75, 3.05) is 25.9 Å². The number of nitrogens with one attached hydrogen (secondary N) is 2. The topological polar surface area (TPSA) is 57.3 Å². The lowest BCUT2D eigenvalue weighted by atomic mass is 10.1. The van der Waals surface area contributed by atoms with E-state index < -0.39 is 0 Å². The van der Waals surface area contributed by atoms with Gasteiger partial charge in [0.05, 0.1) is 5.03 Å². The molecule has 0 unspecified atom stereocenters. The maximum Gasteiger partial charge on any atom is 0.315 e. The lowest BCUT2D eigenvalue weighted by Crippen LogP contribution is -2.46. The summed E-state index contributed by atoms with van der Waals surface area (Å²) in [6.45, 7) is 4.74. The van der Waals surface area contributed by atoms with Crippen LogP contribution in [-0.4, -0.2) is 47.8 Å². The Labute approximate surface area is 130 Å². The van der Waals surface area contributed by atoms with Crippen molar-refractivity contribution in [3.8, 4) is 0 Å². The molecule has 6 heteroatoms. The van der Waals surface area contributed by atoms with Crippen LogP contribution in [0.15, 0.2) is 23.4 Å². The number of aromatic nitrogens is 1. The highest BCUT2D eigenvalue weighted by Crippen LogP contribution is 2.15. The van der Waals surface area contributed by atoms with Crippen LogP contribution in [0.4, 0.5) is 4.79 Å². The summed E-state index contributed by atoms with van der Waals surface area (Å²) < 4.78 is 0. The van der Waals surface area contributed by atoms with E-state index in [4.69, 9.17) is 0 Å². The molecule has 5 nitrogen and oxygen atoms in total.